The molecule has 0 N–H and O–H groups in total. The largest absolute Gasteiger partial charge is 0.617 e. The van der Waals surface area contributed by atoms with E-state index in [-0.39, 0.29) is 25.9 Å². The van der Waals surface area contributed by atoms with Crippen molar-refractivity contribution in [1.29, 1.82) is 0 Å². The molecule has 0 aliphatic heterocycles. The second-order valence-corrected chi connectivity index (χ2v) is 9.65. The highest BCUT2D eigenvalue weighted by atomic mass is 32.2. The van der Waals surface area contributed by atoms with E-state index in [0.717, 1.165) is 0 Å². The molecule has 0 fully saturated rings. The molecule has 0 amide bonds. The fraction of sp³-hybridized carbons (Fsp3) is 1.00. The summed E-state index contributed by atoms with van der Waals surface area (Å²) < 4.78 is 113. The molecule has 0 saturated carbocycles. The van der Waals surface area contributed by atoms with Crippen LogP contribution in [-0.4, -0.2) is 100 Å². The Morgan fingerprint density at radius 3 is 1.41 bits per heavy atom. The van der Waals surface area contributed by atoms with Crippen LogP contribution in [0.3, 0.4) is 0 Å². The van der Waals surface area contributed by atoms with Crippen molar-refractivity contribution in [2.45, 2.75) is 37.3 Å². The molecule has 0 saturated heterocycles. The molecule has 29 heavy (non-hydrogen) atoms. The lowest BCUT2D eigenvalue weighted by atomic mass is 10.0. The molecule has 0 aromatic carbocycles. The summed E-state index contributed by atoms with van der Waals surface area (Å²) in [7, 11) is 1.51. The zero-order chi connectivity index (χ0) is 23.3. The van der Waals surface area contributed by atoms with Gasteiger partial charge in [0.15, 0.2) is 0 Å². The zero-order valence-corrected chi connectivity index (χ0v) is 17.6. The van der Waals surface area contributed by atoms with Gasteiger partial charge >= 0.3 is 12.4 Å². The summed E-state index contributed by atoms with van der Waals surface area (Å²) in [6.45, 7) is -0.566. The van der Waals surface area contributed by atoms with E-state index in [9.17, 15) is 44.4 Å². The third kappa shape index (κ3) is 7.81. The van der Waals surface area contributed by atoms with Gasteiger partial charge in [-0.3, -0.25) is 4.05 Å². The SMILES string of the molecule is CN(C)CCC[N+]([O-])(CCCN(C)C)S(=O)(=O)CCC(F)(C(F)(F)F)C(F)(F)F. The second-order valence-electron chi connectivity index (χ2n) is 7.41. The quantitative estimate of drug-likeness (QED) is 0.253. The predicted molar refractivity (Wildman–Crippen MR) is 94.1 cm³/mol. The molecular weight excluding hydrogens is 435 g/mol. The van der Waals surface area contributed by atoms with Gasteiger partial charge in [-0.15, -0.1) is 0 Å². The molecule has 6 nitrogen and oxygen atoms in total. The van der Waals surface area contributed by atoms with Crippen molar-refractivity contribution in [2.24, 2.45) is 0 Å². The number of quaternary nitrogens is 1. The van der Waals surface area contributed by atoms with Gasteiger partial charge in [-0.2, -0.15) is 34.8 Å². The lowest BCUT2D eigenvalue weighted by Crippen LogP contribution is -2.56. The van der Waals surface area contributed by atoms with E-state index in [1.807, 2.05) is 0 Å². The zero-order valence-electron chi connectivity index (χ0n) is 16.8. The molecule has 0 aromatic heterocycles. The van der Waals surface area contributed by atoms with Gasteiger partial charge < -0.3 is 15.0 Å². The highest BCUT2D eigenvalue weighted by molar-refractivity contribution is 7.85. The molecule has 0 unspecified atom stereocenters. The Kier molecular flexibility index (Phi) is 9.83. The topological polar surface area (TPSA) is 63.7 Å². The monoisotopic (exact) mass is 463 g/mol. The molecule has 0 atom stereocenters. The Bertz CT molecular complexity index is 579. The van der Waals surface area contributed by atoms with Crippen molar-refractivity contribution in [2.75, 3.05) is 60.1 Å². The van der Waals surface area contributed by atoms with Gasteiger partial charge in [0.1, 0.15) is 5.75 Å². The van der Waals surface area contributed by atoms with Crippen LogP contribution in [0.4, 0.5) is 30.7 Å². The number of alkyl halides is 7. The van der Waals surface area contributed by atoms with Gasteiger partial charge in [0.25, 0.3) is 15.7 Å². The summed E-state index contributed by atoms with van der Waals surface area (Å²) in [5.41, 5.74) is -5.72. The smallest absolute Gasteiger partial charge is 0.431 e. The Morgan fingerprint density at radius 1 is 0.793 bits per heavy atom. The number of hydrogen-bond acceptors (Lipinski definition) is 5. The summed E-state index contributed by atoms with van der Waals surface area (Å²) in [5, 5.41) is 12.9. The highest BCUT2D eigenvalue weighted by Gasteiger charge is 2.72. The number of nitrogens with zero attached hydrogens (tertiary/aromatic N) is 3. The molecule has 0 aromatic rings. The van der Waals surface area contributed by atoms with Crippen LogP contribution < -0.4 is 0 Å². The lowest BCUT2D eigenvalue weighted by molar-refractivity contribution is -0.753. The predicted octanol–water partition coefficient (Wildman–Crippen LogP) is 2.76. The fourth-order valence-electron chi connectivity index (χ4n) is 2.53. The van der Waals surface area contributed by atoms with Crippen LogP contribution in [0.25, 0.3) is 0 Å². The van der Waals surface area contributed by atoms with Gasteiger partial charge in [-0.25, -0.2) is 4.39 Å². The summed E-state index contributed by atoms with van der Waals surface area (Å²) in [5.74, 6) is -1.88. The molecular formula is C15H28F7N3O3S. The molecule has 0 aliphatic rings. The van der Waals surface area contributed by atoms with Gasteiger partial charge in [0, 0.05) is 32.4 Å². The van der Waals surface area contributed by atoms with E-state index in [1.165, 1.54) is 0 Å². The standard InChI is InChI=1S/C15H28F7N3O3S/c1-23(2)8-5-10-25(26,11-6-9-24(3)4)29(27,28)12-7-13(16,14(17,18)19)15(20,21)22/h5-12H2,1-4H3. The maximum atomic E-state index is 13.8. The first-order chi connectivity index (χ1) is 12.8. The number of hydrogen-bond donors (Lipinski definition) is 0. The minimum Gasteiger partial charge on any atom is -0.617 e. The highest BCUT2D eigenvalue weighted by Crippen LogP contribution is 2.48. The van der Waals surface area contributed by atoms with Crippen LogP contribution in [0.1, 0.15) is 19.3 Å². The Balaban J connectivity index is 5.61. The van der Waals surface area contributed by atoms with E-state index in [2.05, 4.69) is 0 Å². The normalized spacial score (nSPS) is 14.8. The molecule has 0 radical (unpaired) electrons. The van der Waals surface area contributed by atoms with Crippen molar-refractivity contribution in [3.05, 3.63) is 5.21 Å². The molecule has 0 spiro atoms. The number of rotatable bonds is 12. The number of sulfonamides is 1. The third-order valence-electron chi connectivity index (χ3n) is 4.32. The summed E-state index contributed by atoms with van der Waals surface area (Å²) >= 11 is 0. The Hall–Kier alpha value is -0.700. The van der Waals surface area contributed by atoms with Crippen LogP contribution in [0, 0.1) is 5.21 Å². The second kappa shape index (κ2) is 10.1. The number of halogens is 7. The minimum absolute atomic E-state index is 0.0387. The average Bonchev–Trinajstić information content (AvgIpc) is 2.49. The van der Waals surface area contributed by atoms with E-state index >= 15 is 0 Å². The Labute approximate surface area is 166 Å². The maximum Gasteiger partial charge on any atom is 0.431 e. The molecule has 0 bridgehead atoms. The molecule has 0 rings (SSSR count). The first-order valence-electron chi connectivity index (χ1n) is 8.72. The summed E-state index contributed by atoms with van der Waals surface area (Å²) in [6.07, 6.45) is -15.1. The van der Waals surface area contributed by atoms with Crippen LogP contribution in [0.5, 0.6) is 0 Å². The average molecular weight is 463 g/mol. The van der Waals surface area contributed by atoms with Crippen LogP contribution in [0.2, 0.25) is 0 Å². The van der Waals surface area contributed by atoms with Crippen LogP contribution >= 0.6 is 0 Å². The van der Waals surface area contributed by atoms with Crippen molar-refractivity contribution >= 4 is 10.0 Å². The first-order valence-corrected chi connectivity index (χ1v) is 10.3. The Morgan fingerprint density at radius 2 is 1.14 bits per heavy atom. The molecule has 0 aliphatic carbocycles. The summed E-state index contributed by atoms with van der Waals surface area (Å²) in [6, 6.07) is 0. The van der Waals surface area contributed by atoms with Crippen LogP contribution in [-0.2, 0) is 10.0 Å². The van der Waals surface area contributed by atoms with Crippen LogP contribution in [0.15, 0.2) is 0 Å². The third-order valence-corrected chi connectivity index (χ3v) is 6.42. The van der Waals surface area contributed by atoms with E-state index in [0.29, 0.717) is 0 Å². The van der Waals surface area contributed by atoms with Gasteiger partial charge in [-0.05, 0) is 28.2 Å². The maximum absolute atomic E-state index is 13.8. The van der Waals surface area contributed by atoms with Gasteiger partial charge in [-0.1, -0.05) is 0 Å². The minimum atomic E-state index is -6.37. The van der Waals surface area contributed by atoms with E-state index in [4.69, 9.17) is 0 Å². The molecule has 176 valence electrons. The van der Waals surface area contributed by atoms with Crippen molar-refractivity contribution in [3.63, 3.8) is 0 Å². The van der Waals surface area contributed by atoms with Crippen molar-refractivity contribution in [1.82, 2.24) is 9.80 Å². The van der Waals surface area contributed by atoms with Gasteiger partial charge in [0.05, 0.1) is 13.1 Å². The van der Waals surface area contributed by atoms with Gasteiger partial charge in [0.2, 0.25) is 0 Å². The fourth-order valence-corrected chi connectivity index (χ4v) is 4.21. The number of hydroxylamine groups is 2. The first kappa shape index (κ1) is 28.3. The van der Waals surface area contributed by atoms with E-state index in [1.54, 1.807) is 38.0 Å². The van der Waals surface area contributed by atoms with Crippen molar-refractivity contribution < 1.29 is 43.2 Å². The lowest BCUT2D eigenvalue weighted by Gasteiger charge is -2.41. The summed E-state index contributed by atoms with van der Waals surface area (Å²) in [4.78, 5) is 3.27. The molecule has 14 heteroatoms. The molecule has 0 heterocycles. The van der Waals surface area contributed by atoms with E-state index < -0.39 is 57.4 Å². The van der Waals surface area contributed by atoms with Crippen molar-refractivity contribution in [3.8, 4) is 0 Å².